The summed E-state index contributed by atoms with van der Waals surface area (Å²) in [6.07, 6.45) is 3.98. The Morgan fingerprint density at radius 2 is 2.27 bits per heavy atom. The standard InChI is InChI=1S/C16H17N3O2S/c17-15-14(16-18-11-5-1-2-6-13(11)22-16)12(20)9-19(15)8-10-4-3-7-21-10/h1-2,5-6,9-10,20H,3-4,7-8,17H2. The Morgan fingerprint density at radius 3 is 3.05 bits per heavy atom. The Morgan fingerprint density at radius 1 is 1.41 bits per heavy atom. The fourth-order valence-corrected chi connectivity index (χ4v) is 3.94. The van der Waals surface area contributed by atoms with Crippen molar-refractivity contribution in [2.24, 2.45) is 0 Å². The van der Waals surface area contributed by atoms with E-state index >= 15 is 0 Å². The first-order valence-corrected chi connectivity index (χ1v) is 8.19. The Balaban J connectivity index is 1.73. The molecule has 6 heteroatoms. The molecule has 0 aliphatic carbocycles. The van der Waals surface area contributed by atoms with Crippen LogP contribution in [0.1, 0.15) is 12.8 Å². The molecule has 0 spiro atoms. The van der Waals surface area contributed by atoms with Crippen LogP contribution in [0.4, 0.5) is 5.82 Å². The van der Waals surface area contributed by atoms with Crippen LogP contribution in [0, 0.1) is 0 Å². The molecule has 1 aromatic carbocycles. The summed E-state index contributed by atoms with van der Waals surface area (Å²) in [6.45, 7) is 1.48. The van der Waals surface area contributed by atoms with Crippen LogP contribution in [-0.2, 0) is 11.3 Å². The van der Waals surface area contributed by atoms with Gasteiger partial charge in [0.05, 0.1) is 28.4 Å². The van der Waals surface area contributed by atoms with E-state index in [-0.39, 0.29) is 11.9 Å². The van der Waals surface area contributed by atoms with E-state index in [1.807, 2.05) is 28.8 Å². The Hall–Kier alpha value is -2.05. The first-order chi connectivity index (χ1) is 10.7. The SMILES string of the molecule is Nc1c(-c2nc3ccccc3s2)c(O)cn1CC1CCCO1. The zero-order chi connectivity index (χ0) is 15.1. The summed E-state index contributed by atoms with van der Waals surface area (Å²) in [5.74, 6) is 0.724. The second-order valence-electron chi connectivity index (χ2n) is 5.55. The van der Waals surface area contributed by atoms with Crippen LogP contribution < -0.4 is 5.73 Å². The van der Waals surface area contributed by atoms with E-state index in [4.69, 9.17) is 10.5 Å². The fourth-order valence-electron chi connectivity index (χ4n) is 2.91. The molecule has 1 fully saturated rings. The Bertz CT molecular complexity index is 785. The number of anilines is 1. The van der Waals surface area contributed by atoms with Crippen LogP contribution in [0.3, 0.4) is 0 Å². The quantitative estimate of drug-likeness (QED) is 0.778. The van der Waals surface area contributed by atoms with Crippen LogP contribution in [0.25, 0.3) is 20.8 Å². The average molecular weight is 315 g/mol. The van der Waals surface area contributed by atoms with Gasteiger partial charge in [0.15, 0.2) is 0 Å². The van der Waals surface area contributed by atoms with Gasteiger partial charge in [0.1, 0.15) is 16.6 Å². The number of aromatic hydroxyl groups is 1. The molecule has 1 aliphatic heterocycles. The van der Waals surface area contributed by atoms with Gasteiger partial charge in [0.2, 0.25) is 0 Å². The van der Waals surface area contributed by atoms with Crippen LogP contribution in [0.15, 0.2) is 30.5 Å². The molecule has 5 nitrogen and oxygen atoms in total. The minimum atomic E-state index is 0.176. The number of hydrogen-bond donors (Lipinski definition) is 2. The lowest BCUT2D eigenvalue weighted by Gasteiger charge is -2.11. The van der Waals surface area contributed by atoms with Crippen molar-refractivity contribution in [1.82, 2.24) is 9.55 Å². The lowest BCUT2D eigenvalue weighted by molar-refractivity contribution is 0.0975. The molecule has 22 heavy (non-hydrogen) atoms. The van der Waals surface area contributed by atoms with Crippen molar-refractivity contribution in [2.45, 2.75) is 25.5 Å². The van der Waals surface area contributed by atoms with Gasteiger partial charge in [-0.05, 0) is 25.0 Å². The molecular formula is C16H17N3O2S. The van der Waals surface area contributed by atoms with Crippen molar-refractivity contribution in [3.63, 3.8) is 0 Å². The second-order valence-corrected chi connectivity index (χ2v) is 6.58. The third kappa shape index (κ3) is 2.24. The van der Waals surface area contributed by atoms with E-state index in [9.17, 15) is 5.11 Å². The maximum Gasteiger partial charge on any atom is 0.145 e. The number of nitrogen functional groups attached to an aromatic ring is 1. The van der Waals surface area contributed by atoms with Crippen molar-refractivity contribution in [3.8, 4) is 16.3 Å². The maximum atomic E-state index is 10.3. The van der Waals surface area contributed by atoms with Gasteiger partial charge < -0.3 is 20.1 Å². The number of benzene rings is 1. The van der Waals surface area contributed by atoms with E-state index in [0.29, 0.717) is 17.9 Å². The van der Waals surface area contributed by atoms with Gasteiger partial charge in [-0.1, -0.05) is 12.1 Å². The highest BCUT2D eigenvalue weighted by Gasteiger charge is 2.22. The van der Waals surface area contributed by atoms with E-state index in [1.54, 1.807) is 6.20 Å². The Kier molecular flexibility index (Phi) is 3.28. The minimum Gasteiger partial charge on any atom is -0.506 e. The van der Waals surface area contributed by atoms with Crippen molar-refractivity contribution in [3.05, 3.63) is 30.5 Å². The van der Waals surface area contributed by atoms with E-state index in [0.717, 1.165) is 34.7 Å². The molecule has 3 N–H and O–H groups in total. The number of ether oxygens (including phenoxy) is 1. The summed E-state index contributed by atoms with van der Waals surface area (Å²) in [6, 6.07) is 7.92. The molecule has 1 aliphatic rings. The predicted molar refractivity (Wildman–Crippen MR) is 88.1 cm³/mol. The van der Waals surface area contributed by atoms with Gasteiger partial charge in [-0.15, -0.1) is 11.3 Å². The van der Waals surface area contributed by atoms with Gasteiger partial charge in [-0.3, -0.25) is 0 Å². The highest BCUT2D eigenvalue weighted by Crippen LogP contribution is 2.40. The van der Waals surface area contributed by atoms with Crippen molar-refractivity contribution < 1.29 is 9.84 Å². The summed E-state index contributed by atoms with van der Waals surface area (Å²) in [5.41, 5.74) is 7.80. The normalized spacial score (nSPS) is 18.3. The van der Waals surface area contributed by atoms with Gasteiger partial charge in [-0.25, -0.2) is 4.98 Å². The first kappa shape index (κ1) is 13.6. The van der Waals surface area contributed by atoms with Crippen LogP contribution in [0.5, 0.6) is 5.75 Å². The number of para-hydroxylation sites is 1. The number of fused-ring (bicyclic) bond motifs is 1. The van der Waals surface area contributed by atoms with E-state index < -0.39 is 0 Å². The molecule has 1 saturated heterocycles. The molecule has 0 amide bonds. The van der Waals surface area contributed by atoms with Gasteiger partial charge in [0, 0.05) is 12.8 Å². The van der Waals surface area contributed by atoms with Gasteiger partial charge in [-0.2, -0.15) is 0 Å². The topological polar surface area (TPSA) is 73.3 Å². The number of nitrogens with two attached hydrogens (primary N) is 1. The monoisotopic (exact) mass is 315 g/mol. The highest BCUT2D eigenvalue weighted by molar-refractivity contribution is 7.21. The third-order valence-electron chi connectivity index (χ3n) is 4.03. The smallest absolute Gasteiger partial charge is 0.145 e. The van der Waals surface area contributed by atoms with Crippen molar-refractivity contribution in [2.75, 3.05) is 12.3 Å². The summed E-state index contributed by atoms with van der Waals surface area (Å²) < 4.78 is 8.60. The fraction of sp³-hybridized carbons (Fsp3) is 0.312. The molecule has 0 bridgehead atoms. The first-order valence-electron chi connectivity index (χ1n) is 7.37. The van der Waals surface area contributed by atoms with Crippen molar-refractivity contribution in [1.29, 1.82) is 0 Å². The maximum absolute atomic E-state index is 10.3. The molecule has 1 unspecified atom stereocenters. The number of aromatic nitrogens is 2. The van der Waals surface area contributed by atoms with Gasteiger partial charge >= 0.3 is 0 Å². The van der Waals surface area contributed by atoms with E-state index in [1.165, 1.54) is 11.3 Å². The number of nitrogens with zero attached hydrogens (tertiary/aromatic N) is 2. The number of hydrogen-bond acceptors (Lipinski definition) is 5. The average Bonchev–Trinajstić information content (AvgIpc) is 3.19. The summed E-state index contributed by atoms with van der Waals surface area (Å²) in [5, 5.41) is 11.0. The highest BCUT2D eigenvalue weighted by atomic mass is 32.1. The molecule has 4 rings (SSSR count). The van der Waals surface area contributed by atoms with Crippen LogP contribution in [-0.4, -0.2) is 27.4 Å². The van der Waals surface area contributed by atoms with Crippen LogP contribution in [0.2, 0.25) is 0 Å². The van der Waals surface area contributed by atoms with Crippen LogP contribution >= 0.6 is 11.3 Å². The lowest BCUT2D eigenvalue weighted by Crippen LogP contribution is -2.15. The van der Waals surface area contributed by atoms with Crippen molar-refractivity contribution >= 4 is 27.4 Å². The molecular weight excluding hydrogens is 298 g/mol. The predicted octanol–water partition coefficient (Wildman–Crippen LogP) is 3.23. The lowest BCUT2D eigenvalue weighted by atomic mass is 10.2. The zero-order valence-electron chi connectivity index (χ0n) is 12.0. The number of rotatable bonds is 3. The summed E-state index contributed by atoms with van der Waals surface area (Å²) in [7, 11) is 0. The molecule has 114 valence electrons. The summed E-state index contributed by atoms with van der Waals surface area (Å²) in [4.78, 5) is 4.58. The molecule has 1 atom stereocenters. The van der Waals surface area contributed by atoms with Gasteiger partial charge in [0.25, 0.3) is 0 Å². The molecule has 3 aromatic rings. The number of thiazole rings is 1. The van der Waals surface area contributed by atoms with E-state index in [2.05, 4.69) is 4.98 Å². The third-order valence-corrected chi connectivity index (χ3v) is 5.09. The Labute approximate surface area is 132 Å². The largest absolute Gasteiger partial charge is 0.506 e. The minimum absolute atomic E-state index is 0.176. The second kappa shape index (κ2) is 5.30. The molecule has 2 aromatic heterocycles. The zero-order valence-corrected chi connectivity index (χ0v) is 12.8. The molecule has 0 radical (unpaired) electrons. The molecule has 3 heterocycles. The molecule has 0 saturated carbocycles. The summed E-state index contributed by atoms with van der Waals surface area (Å²) >= 11 is 1.54.